The van der Waals surface area contributed by atoms with Gasteiger partial charge in [0.15, 0.2) is 5.65 Å². The normalized spacial score (nSPS) is 22.6. The summed E-state index contributed by atoms with van der Waals surface area (Å²) in [6.45, 7) is -0.310. The fourth-order valence-corrected chi connectivity index (χ4v) is 2.40. The molecule has 0 aromatic carbocycles. The number of aliphatic hydroxyl groups is 2. The van der Waals surface area contributed by atoms with Crippen LogP contribution in [0.4, 0.5) is 0 Å². The summed E-state index contributed by atoms with van der Waals surface area (Å²) in [7, 11) is 0. The van der Waals surface area contributed by atoms with Crippen LogP contribution in [-0.2, 0) is 4.74 Å². The highest BCUT2D eigenvalue weighted by molar-refractivity contribution is 5.67. The Morgan fingerprint density at radius 1 is 1.36 bits per heavy atom. The van der Waals surface area contributed by atoms with Gasteiger partial charge in [-0.1, -0.05) is 0 Å². The summed E-state index contributed by atoms with van der Waals surface area (Å²) in [6, 6.07) is 1.20. The molecule has 4 rings (SSSR count). The minimum atomic E-state index is -0.811. The molecule has 4 N–H and O–H groups in total. The van der Waals surface area contributed by atoms with Crippen LogP contribution in [0.2, 0.25) is 0 Å². The molecular formula is C14H16N6O5. The predicted octanol–water partition coefficient (Wildman–Crippen LogP) is -1.47. The number of rotatable bonds is 2. The van der Waals surface area contributed by atoms with Crippen LogP contribution in [-0.4, -0.2) is 58.5 Å². The molecule has 4 heterocycles. The molecule has 0 amide bonds. The van der Waals surface area contributed by atoms with Crippen LogP contribution in [0.5, 0.6) is 0 Å². The summed E-state index contributed by atoms with van der Waals surface area (Å²) in [5.41, 5.74) is 0.504. The number of hydrogen-bond donors (Lipinski definition) is 4. The van der Waals surface area contributed by atoms with Crippen molar-refractivity contribution in [1.82, 2.24) is 29.5 Å². The molecule has 1 fully saturated rings. The van der Waals surface area contributed by atoms with E-state index < -0.39 is 29.7 Å². The minimum absolute atomic E-state index is 0.206. The number of ether oxygens (including phenoxy) is 1. The van der Waals surface area contributed by atoms with Crippen LogP contribution in [0, 0.1) is 0 Å². The van der Waals surface area contributed by atoms with E-state index in [0.29, 0.717) is 5.65 Å². The highest BCUT2D eigenvalue weighted by Gasteiger charge is 2.34. The van der Waals surface area contributed by atoms with E-state index in [4.69, 9.17) is 9.84 Å². The van der Waals surface area contributed by atoms with E-state index >= 15 is 0 Å². The van der Waals surface area contributed by atoms with Crippen molar-refractivity contribution in [2.45, 2.75) is 24.9 Å². The number of aromatic nitrogens is 6. The molecule has 132 valence electrons. The van der Waals surface area contributed by atoms with E-state index in [1.165, 1.54) is 23.2 Å². The molecule has 3 aromatic rings. The Balaban J connectivity index is 0.000000170. The third-order valence-corrected chi connectivity index (χ3v) is 3.64. The van der Waals surface area contributed by atoms with Gasteiger partial charge in [-0.05, 0) is 0 Å². The fourth-order valence-electron chi connectivity index (χ4n) is 2.40. The zero-order valence-corrected chi connectivity index (χ0v) is 12.9. The minimum Gasteiger partial charge on any atom is -0.394 e. The van der Waals surface area contributed by atoms with Gasteiger partial charge in [0.25, 0.3) is 5.56 Å². The third kappa shape index (κ3) is 3.79. The average molecular weight is 348 g/mol. The molecule has 0 aliphatic carbocycles. The Morgan fingerprint density at radius 2 is 2.20 bits per heavy atom. The van der Waals surface area contributed by atoms with Gasteiger partial charge in [-0.2, -0.15) is 0 Å². The third-order valence-electron chi connectivity index (χ3n) is 3.64. The van der Waals surface area contributed by atoms with Gasteiger partial charge < -0.3 is 19.9 Å². The molecule has 0 spiro atoms. The summed E-state index contributed by atoms with van der Waals surface area (Å²) < 4.78 is 6.45. The number of aliphatic hydroxyl groups excluding tert-OH is 2. The summed E-state index contributed by atoms with van der Waals surface area (Å²) >= 11 is 0. The molecule has 11 heteroatoms. The number of fused-ring (bicyclic) bond motifs is 1. The first kappa shape index (κ1) is 17.0. The van der Waals surface area contributed by atoms with Crippen LogP contribution in [0.15, 0.2) is 40.7 Å². The van der Waals surface area contributed by atoms with Gasteiger partial charge in [-0.3, -0.25) is 14.3 Å². The first-order valence-corrected chi connectivity index (χ1v) is 7.43. The largest absolute Gasteiger partial charge is 0.394 e. The number of H-pyrrole nitrogens is 2. The zero-order valence-electron chi connectivity index (χ0n) is 12.9. The molecule has 0 radical (unpaired) electrons. The maximum atomic E-state index is 11.4. The molecule has 11 nitrogen and oxygen atoms in total. The smallest absolute Gasteiger partial charge is 0.330 e. The van der Waals surface area contributed by atoms with Gasteiger partial charge in [0, 0.05) is 18.7 Å². The van der Waals surface area contributed by atoms with Crippen LogP contribution in [0.1, 0.15) is 12.6 Å². The van der Waals surface area contributed by atoms with Gasteiger partial charge >= 0.3 is 5.69 Å². The van der Waals surface area contributed by atoms with Crippen molar-refractivity contribution < 1.29 is 14.9 Å². The van der Waals surface area contributed by atoms with Crippen LogP contribution in [0.25, 0.3) is 11.2 Å². The Kier molecular flexibility index (Phi) is 4.97. The molecular weight excluding hydrogens is 332 g/mol. The Bertz CT molecular complexity index is 920. The molecule has 0 saturated carbocycles. The molecule has 3 aromatic heterocycles. The SMILES string of the molecule is O=c1ccn([C@H]2C[C@H](O)[C@@H](CO)O2)c(=O)[nH]1.c1ncc2[nH]cnc2n1. The van der Waals surface area contributed by atoms with E-state index in [-0.39, 0.29) is 13.0 Å². The molecule has 25 heavy (non-hydrogen) atoms. The number of imidazole rings is 1. The first-order valence-electron chi connectivity index (χ1n) is 7.43. The van der Waals surface area contributed by atoms with E-state index in [9.17, 15) is 14.7 Å². The lowest BCUT2D eigenvalue weighted by atomic mass is 10.2. The Morgan fingerprint density at radius 3 is 2.88 bits per heavy atom. The predicted molar refractivity (Wildman–Crippen MR) is 84.6 cm³/mol. The first-order chi connectivity index (χ1) is 12.1. The lowest BCUT2D eigenvalue weighted by molar-refractivity contribution is -0.0459. The second-order valence-electron chi connectivity index (χ2n) is 5.29. The van der Waals surface area contributed by atoms with E-state index in [0.717, 1.165) is 5.52 Å². The standard InChI is InChI=1S/C9H12N2O5.C5H4N4/c12-4-6-5(13)3-8(16-6)11-2-1-7(14)10-9(11)15;1-4-5(8-2-6-1)9-3-7-4/h1-2,5-6,8,12-13H,3-4H2,(H,10,14,15);1-3H,(H,6,7,8,9)/t5-,6+,8+;/m0./s1. The summed E-state index contributed by atoms with van der Waals surface area (Å²) in [6.07, 6.45) is 4.11. The topological polar surface area (TPSA) is 159 Å². The van der Waals surface area contributed by atoms with Crippen molar-refractivity contribution in [2.75, 3.05) is 6.61 Å². The van der Waals surface area contributed by atoms with Crippen molar-refractivity contribution in [3.63, 3.8) is 0 Å². The van der Waals surface area contributed by atoms with Gasteiger partial charge in [0.2, 0.25) is 0 Å². The van der Waals surface area contributed by atoms with Gasteiger partial charge in [0.1, 0.15) is 24.2 Å². The molecule has 0 bridgehead atoms. The van der Waals surface area contributed by atoms with E-state index in [1.54, 1.807) is 12.5 Å². The molecule has 1 aliphatic rings. The monoisotopic (exact) mass is 348 g/mol. The zero-order chi connectivity index (χ0) is 17.8. The van der Waals surface area contributed by atoms with Gasteiger partial charge in [0.05, 0.1) is 25.2 Å². The quantitative estimate of drug-likeness (QED) is 0.437. The Hall–Kier alpha value is -2.89. The van der Waals surface area contributed by atoms with E-state index in [1.807, 2.05) is 0 Å². The Labute approximate surface area is 140 Å². The van der Waals surface area contributed by atoms with Crippen molar-refractivity contribution in [2.24, 2.45) is 0 Å². The highest BCUT2D eigenvalue weighted by atomic mass is 16.5. The maximum Gasteiger partial charge on any atom is 0.330 e. The van der Waals surface area contributed by atoms with E-state index in [2.05, 4.69) is 24.9 Å². The summed E-state index contributed by atoms with van der Waals surface area (Å²) in [5.74, 6) is 0. The number of nitrogens with zero attached hydrogens (tertiary/aromatic N) is 4. The van der Waals surface area contributed by atoms with Crippen LogP contribution in [0.3, 0.4) is 0 Å². The van der Waals surface area contributed by atoms with Gasteiger partial charge in [-0.25, -0.2) is 19.7 Å². The second-order valence-corrected chi connectivity index (χ2v) is 5.29. The van der Waals surface area contributed by atoms with Crippen molar-refractivity contribution in [1.29, 1.82) is 0 Å². The van der Waals surface area contributed by atoms with Crippen LogP contribution >= 0.6 is 0 Å². The number of hydrogen-bond acceptors (Lipinski definition) is 8. The fraction of sp³-hybridized carbons (Fsp3) is 0.357. The summed E-state index contributed by atoms with van der Waals surface area (Å²) in [4.78, 5) is 38.8. The lowest BCUT2D eigenvalue weighted by Gasteiger charge is -2.13. The average Bonchev–Trinajstić information content (AvgIpc) is 3.21. The van der Waals surface area contributed by atoms with Crippen molar-refractivity contribution in [3.05, 3.63) is 52.0 Å². The maximum absolute atomic E-state index is 11.4. The van der Waals surface area contributed by atoms with Crippen LogP contribution < -0.4 is 11.2 Å². The highest BCUT2D eigenvalue weighted by Crippen LogP contribution is 2.26. The lowest BCUT2D eigenvalue weighted by Crippen LogP contribution is -2.31. The second kappa shape index (κ2) is 7.34. The van der Waals surface area contributed by atoms with Gasteiger partial charge in [-0.15, -0.1) is 0 Å². The number of aromatic amines is 2. The van der Waals surface area contributed by atoms with Crippen molar-refractivity contribution in [3.8, 4) is 0 Å². The molecule has 1 saturated heterocycles. The molecule has 3 atom stereocenters. The molecule has 1 aliphatic heterocycles. The number of nitrogens with one attached hydrogen (secondary N) is 2. The molecule has 0 unspecified atom stereocenters. The summed E-state index contributed by atoms with van der Waals surface area (Å²) in [5, 5.41) is 18.4. The van der Waals surface area contributed by atoms with Crippen molar-refractivity contribution >= 4 is 11.2 Å².